The first-order valence-electron chi connectivity index (χ1n) is 11.0. The zero-order chi connectivity index (χ0) is 18.6. The summed E-state index contributed by atoms with van der Waals surface area (Å²) in [5.41, 5.74) is 0. The van der Waals surface area contributed by atoms with Crippen LogP contribution in [0, 0.1) is 0 Å². The van der Waals surface area contributed by atoms with Crippen molar-refractivity contribution in [3.05, 3.63) is 0 Å². The molecule has 3 heteroatoms. The van der Waals surface area contributed by atoms with Crippen molar-refractivity contribution in [1.29, 1.82) is 0 Å². The Kier molecular flexibility index (Phi) is 20.7. The fourth-order valence-corrected chi connectivity index (χ4v) is 3.79. The van der Waals surface area contributed by atoms with Crippen LogP contribution in [-0.4, -0.2) is 15.0 Å². The second-order valence-electron chi connectivity index (χ2n) is 7.60. The van der Waals surface area contributed by atoms with Crippen molar-refractivity contribution in [1.82, 2.24) is 0 Å². The van der Waals surface area contributed by atoms with E-state index < -0.39 is 5.97 Å². The van der Waals surface area contributed by atoms with Crippen molar-refractivity contribution in [2.24, 2.45) is 0 Å². The lowest BCUT2D eigenvalue weighted by atomic mass is 10.0. The third kappa shape index (κ3) is 20.4. The number of unbranched alkanes of at least 4 members (excludes halogenated alkanes) is 17. The molecule has 0 amide bonds. The molecule has 0 aromatic heterocycles. The van der Waals surface area contributed by atoms with E-state index in [4.69, 9.17) is 5.11 Å². The Morgan fingerprint density at radius 3 is 1.20 bits per heavy atom. The third-order valence-corrected chi connectivity index (χ3v) is 6.23. The molecule has 0 spiro atoms. The number of aliphatic carboxylic acids is 1. The highest BCUT2D eigenvalue weighted by atomic mass is 127. The number of rotatable bonds is 20. The Morgan fingerprint density at radius 2 is 0.920 bits per heavy atom. The van der Waals surface area contributed by atoms with E-state index in [0.29, 0.717) is 0 Å². The first-order valence-corrected chi connectivity index (χ1v) is 12.3. The van der Waals surface area contributed by atoms with Gasteiger partial charge in [-0.3, -0.25) is 4.79 Å². The summed E-state index contributed by atoms with van der Waals surface area (Å²) < 4.78 is -0.196. The van der Waals surface area contributed by atoms with Gasteiger partial charge in [0, 0.05) is 0 Å². The SMILES string of the molecule is CCCCCCCCCCCCCCCCCCCCC(I)C(=O)O. The Labute approximate surface area is 171 Å². The van der Waals surface area contributed by atoms with Gasteiger partial charge in [0.2, 0.25) is 0 Å². The van der Waals surface area contributed by atoms with Crippen LogP contribution in [-0.2, 0) is 4.79 Å². The third-order valence-electron chi connectivity index (χ3n) is 5.08. The summed E-state index contributed by atoms with van der Waals surface area (Å²) in [6.07, 6.45) is 25.6. The highest BCUT2D eigenvalue weighted by Crippen LogP contribution is 2.16. The predicted octanol–water partition coefficient (Wildman–Crippen LogP) is 8.31. The molecule has 0 bridgehead atoms. The molecule has 0 fully saturated rings. The minimum Gasteiger partial charge on any atom is -0.480 e. The van der Waals surface area contributed by atoms with Crippen LogP contribution < -0.4 is 0 Å². The molecule has 0 aliphatic rings. The van der Waals surface area contributed by atoms with E-state index in [-0.39, 0.29) is 3.92 Å². The molecule has 1 unspecified atom stereocenters. The smallest absolute Gasteiger partial charge is 0.316 e. The number of alkyl halides is 1. The topological polar surface area (TPSA) is 37.3 Å². The van der Waals surface area contributed by atoms with Crippen LogP contribution in [0.5, 0.6) is 0 Å². The maximum absolute atomic E-state index is 10.7. The van der Waals surface area contributed by atoms with Crippen LogP contribution in [0.2, 0.25) is 0 Å². The van der Waals surface area contributed by atoms with Gasteiger partial charge in [-0.05, 0) is 6.42 Å². The lowest BCUT2D eigenvalue weighted by molar-refractivity contribution is -0.136. The molecular weight excluding hydrogens is 423 g/mol. The van der Waals surface area contributed by atoms with Gasteiger partial charge in [0.1, 0.15) is 3.92 Å². The van der Waals surface area contributed by atoms with E-state index in [1.54, 1.807) is 0 Å². The van der Waals surface area contributed by atoms with Crippen LogP contribution in [0.3, 0.4) is 0 Å². The van der Waals surface area contributed by atoms with Crippen molar-refractivity contribution >= 4 is 28.6 Å². The molecule has 0 saturated heterocycles. The summed E-state index contributed by atoms with van der Waals surface area (Å²) in [4.78, 5) is 10.7. The fraction of sp³-hybridized carbons (Fsp3) is 0.955. The molecular formula is C22H43IO2. The number of hydrogen-bond donors (Lipinski definition) is 1. The average Bonchev–Trinajstić information content (AvgIpc) is 2.60. The lowest BCUT2D eigenvalue weighted by Crippen LogP contribution is -2.11. The van der Waals surface area contributed by atoms with Crippen LogP contribution in [0.25, 0.3) is 0 Å². The fourth-order valence-electron chi connectivity index (χ4n) is 3.35. The van der Waals surface area contributed by atoms with E-state index >= 15 is 0 Å². The molecule has 0 aliphatic carbocycles. The van der Waals surface area contributed by atoms with E-state index in [0.717, 1.165) is 12.8 Å². The zero-order valence-electron chi connectivity index (χ0n) is 16.7. The Balaban J connectivity index is 3.04. The van der Waals surface area contributed by atoms with E-state index in [1.165, 1.54) is 109 Å². The molecule has 0 aromatic rings. The van der Waals surface area contributed by atoms with Gasteiger partial charge in [0.05, 0.1) is 0 Å². The first-order chi connectivity index (χ1) is 12.2. The molecule has 0 saturated carbocycles. The summed E-state index contributed by atoms with van der Waals surface area (Å²) in [6, 6.07) is 0. The van der Waals surface area contributed by atoms with Gasteiger partial charge in [0.25, 0.3) is 0 Å². The van der Waals surface area contributed by atoms with Crippen molar-refractivity contribution in [2.45, 2.75) is 133 Å². The maximum atomic E-state index is 10.7. The second-order valence-corrected chi connectivity index (χ2v) is 9.11. The summed E-state index contributed by atoms with van der Waals surface area (Å²) >= 11 is 2.04. The van der Waals surface area contributed by atoms with Gasteiger partial charge < -0.3 is 5.11 Å². The summed E-state index contributed by atoms with van der Waals surface area (Å²) in [7, 11) is 0. The standard InChI is InChI=1S/C22H43IO2/c1-2-3-4-5-6-7-8-9-10-11-12-13-14-15-16-17-18-19-20-21(23)22(24)25/h21H,2-20H2,1H3,(H,24,25). The van der Waals surface area contributed by atoms with Gasteiger partial charge in [-0.15, -0.1) is 0 Å². The van der Waals surface area contributed by atoms with E-state index in [1.807, 2.05) is 22.6 Å². The van der Waals surface area contributed by atoms with Gasteiger partial charge >= 0.3 is 5.97 Å². The Hall–Kier alpha value is 0.200. The van der Waals surface area contributed by atoms with Gasteiger partial charge in [-0.1, -0.05) is 145 Å². The molecule has 0 heterocycles. The monoisotopic (exact) mass is 466 g/mol. The molecule has 25 heavy (non-hydrogen) atoms. The van der Waals surface area contributed by atoms with Gasteiger partial charge in [0.15, 0.2) is 0 Å². The highest BCUT2D eigenvalue weighted by molar-refractivity contribution is 14.1. The Bertz CT molecular complexity index is 281. The van der Waals surface area contributed by atoms with Crippen molar-refractivity contribution in [3.63, 3.8) is 0 Å². The maximum Gasteiger partial charge on any atom is 0.316 e. The predicted molar refractivity (Wildman–Crippen MR) is 119 cm³/mol. The molecule has 0 aromatic carbocycles. The second kappa shape index (κ2) is 20.5. The lowest BCUT2D eigenvalue weighted by Gasteiger charge is -2.05. The largest absolute Gasteiger partial charge is 0.480 e. The molecule has 0 radical (unpaired) electrons. The zero-order valence-corrected chi connectivity index (χ0v) is 18.9. The molecule has 150 valence electrons. The number of carbonyl (C=O) groups is 1. The molecule has 1 N–H and O–H groups in total. The van der Waals surface area contributed by atoms with E-state index in [2.05, 4.69) is 6.92 Å². The van der Waals surface area contributed by atoms with Crippen molar-refractivity contribution < 1.29 is 9.90 Å². The Morgan fingerprint density at radius 1 is 0.640 bits per heavy atom. The van der Waals surface area contributed by atoms with Gasteiger partial charge in [-0.25, -0.2) is 0 Å². The minimum atomic E-state index is -0.660. The molecule has 0 aliphatic heterocycles. The summed E-state index contributed by atoms with van der Waals surface area (Å²) in [5.74, 6) is -0.660. The van der Waals surface area contributed by atoms with Crippen LogP contribution in [0.4, 0.5) is 0 Å². The number of carboxylic acid groups (broad SMARTS) is 1. The summed E-state index contributed by atoms with van der Waals surface area (Å²) in [5, 5.41) is 8.82. The minimum absolute atomic E-state index is 0.196. The molecule has 0 rings (SSSR count). The van der Waals surface area contributed by atoms with Crippen molar-refractivity contribution in [2.75, 3.05) is 0 Å². The normalized spacial score (nSPS) is 12.4. The van der Waals surface area contributed by atoms with Crippen molar-refractivity contribution in [3.8, 4) is 0 Å². The van der Waals surface area contributed by atoms with Crippen LogP contribution >= 0.6 is 22.6 Å². The average molecular weight is 466 g/mol. The van der Waals surface area contributed by atoms with E-state index in [9.17, 15) is 4.79 Å². The molecule has 1 atom stereocenters. The first kappa shape index (κ1) is 25.2. The number of carboxylic acids is 1. The number of hydrogen-bond acceptors (Lipinski definition) is 1. The van der Waals surface area contributed by atoms with Crippen LogP contribution in [0.1, 0.15) is 129 Å². The van der Waals surface area contributed by atoms with Crippen LogP contribution in [0.15, 0.2) is 0 Å². The van der Waals surface area contributed by atoms with Gasteiger partial charge in [-0.2, -0.15) is 0 Å². The molecule has 2 nitrogen and oxygen atoms in total. The number of halogens is 1. The summed E-state index contributed by atoms with van der Waals surface area (Å²) in [6.45, 7) is 2.28. The highest BCUT2D eigenvalue weighted by Gasteiger charge is 2.11. The quantitative estimate of drug-likeness (QED) is 0.111.